The fourth-order valence-electron chi connectivity index (χ4n) is 2.88. The van der Waals surface area contributed by atoms with Gasteiger partial charge >= 0.3 is 0 Å². The summed E-state index contributed by atoms with van der Waals surface area (Å²) in [7, 11) is 1.53. The Morgan fingerprint density at radius 2 is 1.91 bits per heavy atom. The molecule has 34 heavy (non-hydrogen) atoms. The van der Waals surface area contributed by atoms with Crippen LogP contribution in [0.4, 0.5) is 5.69 Å². The zero-order valence-electron chi connectivity index (χ0n) is 17.8. The van der Waals surface area contributed by atoms with Gasteiger partial charge in [-0.05, 0) is 58.0 Å². The molecule has 0 saturated heterocycles. The van der Waals surface area contributed by atoms with Gasteiger partial charge in [-0.25, -0.2) is 5.43 Å². The summed E-state index contributed by atoms with van der Waals surface area (Å²) in [6, 6.07) is 14.5. The summed E-state index contributed by atoms with van der Waals surface area (Å²) >= 11 is 14.3. The molecule has 11 heteroatoms. The summed E-state index contributed by atoms with van der Waals surface area (Å²) in [5, 5.41) is 15.7. The number of ether oxygens (including phenoxy) is 2. The Labute approximate surface area is 219 Å². The summed E-state index contributed by atoms with van der Waals surface area (Å²) in [6.45, 7) is 0.231. The monoisotopic (exact) mass is 613 g/mol. The van der Waals surface area contributed by atoms with Crippen LogP contribution in [0, 0.1) is 13.7 Å². The van der Waals surface area contributed by atoms with Crippen LogP contribution in [0.3, 0.4) is 0 Å². The molecular formula is C23H18Cl2IN3O5. The van der Waals surface area contributed by atoms with Gasteiger partial charge in [0.15, 0.2) is 11.5 Å². The Morgan fingerprint density at radius 3 is 2.56 bits per heavy atom. The van der Waals surface area contributed by atoms with Gasteiger partial charge in [-0.1, -0.05) is 41.4 Å². The van der Waals surface area contributed by atoms with E-state index < -0.39 is 4.92 Å². The summed E-state index contributed by atoms with van der Waals surface area (Å²) in [4.78, 5) is 22.3. The second kappa shape index (κ2) is 12.0. The highest BCUT2D eigenvalue weighted by atomic mass is 127. The van der Waals surface area contributed by atoms with Crippen LogP contribution in [0.2, 0.25) is 10.0 Å². The van der Waals surface area contributed by atoms with Crippen molar-refractivity contribution in [1.29, 1.82) is 0 Å². The van der Waals surface area contributed by atoms with Gasteiger partial charge in [0.1, 0.15) is 6.61 Å². The Hall–Kier alpha value is -2.89. The molecule has 0 aliphatic carbocycles. The van der Waals surface area contributed by atoms with E-state index in [2.05, 4.69) is 33.1 Å². The van der Waals surface area contributed by atoms with Crippen LogP contribution >= 0.6 is 45.8 Å². The minimum absolute atomic E-state index is 0.0329. The van der Waals surface area contributed by atoms with E-state index in [1.807, 2.05) is 6.07 Å². The number of non-ortho nitro benzene ring substituents is 1. The van der Waals surface area contributed by atoms with E-state index in [0.29, 0.717) is 32.7 Å². The minimum Gasteiger partial charge on any atom is -0.493 e. The highest BCUT2D eigenvalue weighted by Crippen LogP contribution is 2.35. The van der Waals surface area contributed by atoms with Gasteiger partial charge in [-0.15, -0.1) is 0 Å². The third-order valence-electron chi connectivity index (χ3n) is 4.55. The zero-order chi connectivity index (χ0) is 24.7. The molecule has 0 bridgehead atoms. The van der Waals surface area contributed by atoms with Gasteiger partial charge in [-0.2, -0.15) is 5.10 Å². The van der Waals surface area contributed by atoms with E-state index in [9.17, 15) is 14.9 Å². The van der Waals surface area contributed by atoms with Crippen molar-refractivity contribution in [1.82, 2.24) is 5.43 Å². The summed E-state index contributed by atoms with van der Waals surface area (Å²) in [5.74, 6) is 0.690. The number of amides is 1. The second-order valence-electron chi connectivity index (χ2n) is 6.95. The van der Waals surface area contributed by atoms with Crippen molar-refractivity contribution < 1.29 is 19.2 Å². The number of methoxy groups -OCH3 is 1. The predicted octanol–water partition coefficient (Wildman–Crippen LogP) is 5.79. The third kappa shape index (κ3) is 7.05. The molecular weight excluding hydrogens is 596 g/mol. The molecule has 8 nitrogen and oxygen atoms in total. The molecule has 0 spiro atoms. The number of carbonyl (C=O) groups excluding carboxylic acids is 1. The van der Waals surface area contributed by atoms with E-state index in [-0.39, 0.29) is 24.6 Å². The summed E-state index contributed by atoms with van der Waals surface area (Å²) < 4.78 is 12.2. The third-order valence-corrected chi connectivity index (χ3v) is 5.94. The van der Waals surface area contributed by atoms with Crippen molar-refractivity contribution in [2.24, 2.45) is 5.10 Å². The Balaban J connectivity index is 1.62. The molecule has 0 atom stereocenters. The number of nitrogens with one attached hydrogen (secondary N) is 1. The normalized spacial score (nSPS) is 10.8. The van der Waals surface area contributed by atoms with Gasteiger partial charge in [-0.3, -0.25) is 14.9 Å². The Bertz CT molecular complexity index is 1240. The van der Waals surface area contributed by atoms with E-state index >= 15 is 0 Å². The lowest BCUT2D eigenvalue weighted by molar-refractivity contribution is -0.384. The van der Waals surface area contributed by atoms with E-state index in [1.54, 1.807) is 24.3 Å². The maximum Gasteiger partial charge on any atom is 0.269 e. The lowest BCUT2D eigenvalue weighted by Gasteiger charge is -2.14. The lowest BCUT2D eigenvalue weighted by Crippen LogP contribution is -2.19. The van der Waals surface area contributed by atoms with E-state index in [0.717, 1.165) is 9.13 Å². The molecule has 0 fully saturated rings. The van der Waals surface area contributed by atoms with Crippen molar-refractivity contribution in [3.63, 3.8) is 0 Å². The van der Waals surface area contributed by atoms with Gasteiger partial charge in [0, 0.05) is 27.7 Å². The number of hydrogen-bond acceptors (Lipinski definition) is 6. The Kier molecular flexibility index (Phi) is 9.08. The number of carbonyl (C=O) groups is 1. The standard InChI is InChI=1S/C23H18Cl2IN3O5/c1-33-21-9-15(8-20(26)23(21)34-13-16-4-5-17(24)11-19(16)25)12-27-28-22(30)10-14-2-6-18(7-3-14)29(31)32/h2-9,11-12H,10,13H2,1H3,(H,28,30)/b27-12-. The molecule has 0 aromatic heterocycles. The molecule has 3 aromatic rings. The lowest BCUT2D eigenvalue weighted by atomic mass is 10.1. The average Bonchev–Trinajstić information content (AvgIpc) is 2.79. The number of hydrazone groups is 1. The molecule has 0 heterocycles. The summed E-state index contributed by atoms with van der Waals surface area (Å²) in [6.07, 6.45) is 1.52. The van der Waals surface area contributed by atoms with Gasteiger partial charge < -0.3 is 9.47 Å². The first-order valence-corrected chi connectivity index (χ1v) is 11.6. The number of nitrogens with zero attached hydrogens (tertiary/aromatic N) is 2. The summed E-state index contributed by atoms with van der Waals surface area (Å²) in [5.41, 5.74) is 4.52. The fraction of sp³-hybridized carbons (Fsp3) is 0.130. The first-order valence-electron chi connectivity index (χ1n) is 9.76. The van der Waals surface area contributed by atoms with Crippen LogP contribution in [-0.2, 0) is 17.8 Å². The molecule has 0 saturated carbocycles. The van der Waals surface area contributed by atoms with Crippen LogP contribution in [0.25, 0.3) is 0 Å². The van der Waals surface area contributed by atoms with Crippen molar-refractivity contribution in [3.8, 4) is 11.5 Å². The molecule has 0 aliphatic rings. The first-order chi connectivity index (χ1) is 16.3. The first kappa shape index (κ1) is 25.7. The van der Waals surface area contributed by atoms with E-state index in [1.165, 1.54) is 37.6 Å². The van der Waals surface area contributed by atoms with E-state index in [4.69, 9.17) is 32.7 Å². The largest absolute Gasteiger partial charge is 0.493 e. The molecule has 1 N–H and O–H groups in total. The SMILES string of the molecule is COc1cc(/C=N\NC(=O)Cc2ccc([N+](=O)[O-])cc2)cc(I)c1OCc1ccc(Cl)cc1Cl. The fourth-order valence-corrected chi connectivity index (χ4v) is 4.13. The smallest absolute Gasteiger partial charge is 0.269 e. The van der Waals surface area contributed by atoms with Crippen molar-refractivity contribution in [3.05, 3.63) is 95.0 Å². The van der Waals surface area contributed by atoms with Crippen LogP contribution in [0.1, 0.15) is 16.7 Å². The quantitative estimate of drug-likeness (QED) is 0.142. The van der Waals surface area contributed by atoms with Crippen LogP contribution in [-0.4, -0.2) is 24.2 Å². The average molecular weight is 614 g/mol. The molecule has 3 aromatic carbocycles. The highest BCUT2D eigenvalue weighted by Gasteiger charge is 2.13. The molecule has 176 valence electrons. The second-order valence-corrected chi connectivity index (χ2v) is 8.96. The predicted molar refractivity (Wildman–Crippen MR) is 139 cm³/mol. The number of benzene rings is 3. The van der Waals surface area contributed by atoms with Crippen molar-refractivity contribution in [2.75, 3.05) is 7.11 Å². The van der Waals surface area contributed by atoms with Gasteiger partial charge in [0.2, 0.25) is 5.91 Å². The van der Waals surface area contributed by atoms with Crippen molar-refractivity contribution in [2.45, 2.75) is 13.0 Å². The maximum absolute atomic E-state index is 12.1. The number of halogens is 3. The van der Waals surface area contributed by atoms with Gasteiger partial charge in [0.25, 0.3) is 5.69 Å². The maximum atomic E-state index is 12.1. The van der Waals surface area contributed by atoms with Crippen LogP contribution in [0.15, 0.2) is 59.7 Å². The Morgan fingerprint density at radius 1 is 1.18 bits per heavy atom. The molecule has 0 radical (unpaired) electrons. The topological polar surface area (TPSA) is 103 Å². The van der Waals surface area contributed by atoms with Crippen molar-refractivity contribution >= 4 is 63.6 Å². The van der Waals surface area contributed by atoms with Crippen LogP contribution < -0.4 is 14.9 Å². The number of nitro groups is 1. The zero-order valence-corrected chi connectivity index (χ0v) is 21.4. The van der Waals surface area contributed by atoms with Gasteiger partial charge in [0.05, 0.1) is 28.2 Å². The number of nitro benzene ring substituents is 1. The highest BCUT2D eigenvalue weighted by molar-refractivity contribution is 14.1. The number of hydrogen-bond donors (Lipinski definition) is 1. The van der Waals surface area contributed by atoms with Crippen LogP contribution in [0.5, 0.6) is 11.5 Å². The number of rotatable bonds is 9. The molecule has 0 unspecified atom stereocenters. The molecule has 1 amide bonds. The molecule has 3 rings (SSSR count). The molecule has 0 aliphatic heterocycles. The minimum atomic E-state index is -0.493.